The number of benzene rings is 1. The Bertz CT molecular complexity index is 375. The van der Waals surface area contributed by atoms with Crippen molar-refractivity contribution >= 4 is 0 Å². The van der Waals surface area contributed by atoms with Crippen molar-refractivity contribution in [3.63, 3.8) is 0 Å². The van der Waals surface area contributed by atoms with Gasteiger partial charge in [-0.25, -0.2) is 0 Å². The van der Waals surface area contributed by atoms with Crippen LogP contribution in [0.1, 0.15) is 32.3 Å². The summed E-state index contributed by atoms with van der Waals surface area (Å²) in [5, 5.41) is 0. The lowest BCUT2D eigenvalue weighted by molar-refractivity contribution is 0.0702. The number of nitrogens with zero attached hydrogens (tertiary/aromatic N) is 2. The summed E-state index contributed by atoms with van der Waals surface area (Å²) in [7, 11) is 0. The first-order chi connectivity index (χ1) is 9.70. The van der Waals surface area contributed by atoms with Gasteiger partial charge in [0.15, 0.2) is 0 Å². The topological polar surface area (TPSA) is 32.5 Å². The van der Waals surface area contributed by atoms with Gasteiger partial charge in [-0.15, -0.1) is 0 Å². The van der Waals surface area contributed by atoms with Gasteiger partial charge in [-0.2, -0.15) is 0 Å². The average molecular weight is 275 g/mol. The Hall–Kier alpha value is -0.900. The Morgan fingerprint density at radius 3 is 2.70 bits per heavy atom. The molecule has 0 amide bonds. The van der Waals surface area contributed by atoms with Crippen molar-refractivity contribution < 1.29 is 0 Å². The molecule has 0 saturated carbocycles. The second kappa shape index (κ2) is 7.77. The van der Waals surface area contributed by atoms with E-state index in [4.69, 9.17) is 5.73 Å². The summed E-state index contributed by atoms with van der Waals surface area (Å²) in [6, 6.07) is 12.1. The van der Waals surface area contributed by atoms with Gasteiger partial charge < -0.3 is 10.6 Å². The zero-order chi connectivity index (χ0) is 14.4. The zero-order valence-corrected chi connectivity index (χ0v) is 13.0. The van der Waals surface area contributed by atoms with Crippen LogP contribution < -0.4 is 5.73 Å². The fourth-order valence-corrected chi connectivity index (χ4v) is 3.22. The van der Waals surface area contributed by atoms with Gasteiger partial charge in [0.1, 0.15) is 0 Å². The van der Waals surface area contributed by atoms with Crippen LogP contribution in [0.4, 0.5) is 0 Å². The molecule has 3 nitrogen and oxygen atoms in total. The Kier molecular flexibility index (Phi) is 6.02. The molecule has 1 fully saturated rings. The fraction of sp³-hybridized carbons (Fsp3) is 0.647. The van der Waals surface area contributed by atoms with E-state index < -0.39 is 0 Å². The van der Waals surface area contributed by atoms with Gasteiger partial charge in [-0.1, -0.05) is 30.3 Å². The van der Waals surface area contributed by atoms with E-state index >= 15 is 0 Å². The van der Waals surface area contributed by atoms with E-state index in [2.05, 4.69) is 54.0 Å². The monoisotopic (exact) mass is 275 g/mol. The van der Waals surface area contributed by atoms with E-state index in [1.54, 1.807) is 0 Å². The SMILES string of the molecule is CC(C)N(Cc1ccccc1)[C@H]1CCCN(CCN)C1. The molecule has 1 aliphatic rings. The lowest BCUT2D eigenvalue weighted by atomic mass is 10.0. The molecule has 0 bridgehead atoms. The van der Waals surface area contributed by atoms with Crippen LogP contribution in [0.3, 0.4) is 0 Å². The summed E-state index contributed by atoms with van der Waals surface area (Å²) in [5.41, 5.74) is 7.12. The predicted molar refractivity (Wildman–Crippen MR) is 85.6 cm³/mol. The van der Waals surface area contributed by atoms with Crippen LogP contribution in [0.25, 0.3) is 0 Å². The average Bonchev–Trinajstić information content (AvgIpc) is 2.46. The molecule has 3 heteroatoms. The molecule has 2 rings (SSSR count). The summed E-state index contributed by atoms with van der Waals surface area (Å²) in [6.07, 6.45) is 2.61. The van der Waals surface area contributed by atoms with Gasteiger partial charge in [0.05, 0.1) is 0 Å². The largest absolute Gasteiger partial charge is 0.329 e. The highest BCUT2D eigenvalue weighted by Gasteiger charge is 2.26. The second-order valence-electron chi connectivity index (χ2n) is 6.14. The van der Waals surface area contributed by atoms with Crippen molar-refractivity contribution in [2.24, 2.45) is 5.73 Å². The van der Waals surface area contributed by atoms with Crippen LogP contribution in [-0.4, -0.2) is 48.1 Å². The first-order valence-electron chi connectivity index (χ1n) is 7.92. The molecule has 0 radical (unpaired) electrons. The van der Waals surface area contributed by atoms with Gasteiger partial charge >= 0.3 is 0 Å². The van der Waals surface area contributed by atoms with Gasteiger partial charge in [0.25, 0.3) is 0 Å². The molecule has 0 aliphatic carbocycles. The predicted octanol–water partition coefficient (Wildman–Crippen LogP) is 2.32. The van der Waals surface area contributed by atoms with E-state index in [0.717, 1.165) is 19.6 Å². The minimum atomic E-state index is 0.582. The van der Waals surface area contributed by atoms with Gasteiger partial charge in [0.2, 0.25) is 0 Å². The van der Waals surface area contributed by atoms with Crippen LogP contribution in [0.5, 0.6) is 0 Å². The first kappa shape index (κ1) is 15.5. The van der Waals surface area contributed by atoms with E-state index in [1.807, 2.05) is 0 Å². The Morgan fingerprint density at radius 1 is 1.30 bits per heavy atom. The minimum Gasteiger partial charge on any atom is -0.329 e. The maximum Gasteiger partial charge on any atom is 0.0239 e. The summed E-state index contributed by atoms with van der Waals surface area (Å²) < 4.78 is 0. The Labute approximate surface area is 123 Å². The van der Waals surface area contributed by atoms with Gasteiger partial charge in [-0.3, -0.25) is 4.90 Å². The smallest absolute Gasteiger partial charge is 0.0239 e. The third-order valence-electron chi connectivity index (χ3n) is 4.27. The van der Waals surface area contributed by atoms with Crippen molar-refractivity contribution in [3.8, 4) is 0 Å². The summed E-state index contributed by atoms with van der Waals surface area (Å²) >= 11 is 0. The summed E-state index contributed by atoms with van der Waals surface area (Å²) in [6.45, 7) is 9.86. The normalized spacial score (nSPS) is 20.8. The van der Waals surface area contributed by atoms with Crippen molar-refractivity contribution in [1.29, 1.82) is 0 Å². The van der Waals surface area contributed by atoms with Crippen molar-refractivity contribution in [1.82, 2.24) is 9.80 Å². The molecule has 1 aromatic carbocycles. The maximum absolute atomic E-state index is 5.71. The summed E-state index contributed by atoms with van der Waals surface area (Å²) in [5.74, 6) is 0. The number of rotatable bonds is 6. The number of hydrogen-bond donors (Lipinski definition) is 1. The van der Waals surface area contributed by atoms with E-state index in [9.17, 15) is 0 Å². The molecule has 1 aromatic rings. The van der Waals surface area contributed by atoms with E-state index in [0.29, 0.717) is 12.1 Å². The molecule has 1 atom stereocenters. The molecule has 1 saturated heterocycles. The maximum atomic E-state index is 5.71. The lowest BCUT2D eigenvalue weighted by Crippen LogP contribution is -2.50. The molecule has 0 spiro atoms. The second-order valence-corrected chi connectivity index (χ2v) is 6.14. The minimum absolute atomic E-state index is 0.582. The Morgan fingerprint density at radius 2 is 2.05 bits per heavy atom. The third kappa shape index (κ3) is 4.30. The van der Waals surface area contributed by atoms with Gasteiger partial charge in [-0.05, 0) is 38.8 Å². The molecule has 112 valence electrons. The highest BCUT2D eigenvalue weighted by atomic mass is 15.2. The number of piperidine rings is 1. The quantitative estimate of drug-likeness (QED) is 0.865. The molecule has 20 heavy (non-hydrogen) atoms. The highest BCUT2D eigenvalue weighted by molar-refractivity contribution is 5.14. The van der Waals surface area contributed by atoms with Crippen LogP contribution in [0.15, 0.2) is 30.3 Å². The van der Waals surface area contributed by atoms with Crippen LogP contribution in [0, 0.1) is 0 Å². The zero-order valence-electron chi connectivity index (χ0n) is 13.0. The lowest BCUT2D eigenvalue weighted by Gasteiger charge is -2.41. The molecular formula is C17H29N3. The van der Waals surface area contributed by atoms with Crippen molar-refractivity contribution in [2.75, 3.05) is 26.2 Å². The number of hydrogen-bond acceptors (Lipinski definition) is 3. The number of likely N-dealkylation sites (tertiary alicyclic amines) is 1. The molecule has 2 N–H and O–H groups in total. The molecule has 0 unspecified atom stereocenters. The van der Waals surface area contributed by atoms with E-state index in [1.165, 1.54) is 31.5 Å². The third-order valence-corrected chi connectivity index (χ3v) is 4.27. The number of nitrogens with two attached hydrogens (primary N) is 1. The Balaban J connectivity index is 2.00. The van der Waals surface area contributed by atoms with Crippen LogP contribution in [0.2, 0.25) is 0 Å². The molecule has 1 aliphatic heterocycles. The fourth-order valence-electron chi connectivity index (χ4n) is 3.22. The van der Waals surface area contributed by atoms with Gasteiger partial charge in [0, 0.05) is 38.3 Å². The van der Waals surface area contributed by atoms with Crippen LogP contribution >= 0.6 is 0 Å². The molecule has 0 aromatic heterocycles. The standard InChI is InChI=1S/C17H29N3/c1-15(2)20(13-16-7-4-3-5-8-16)17-9-6-11-19(14-17)12-10-18/h3-5,7-8,15,17H,6,9-14,18H2,1-2H3/t17-/m0/s1. The first-order valence-corrected chi connectivity index (χ1v) is 7.92. The van der Waals surface area contributed by atoms with Crippen molar-refractivity contribution in [2.45, 2.75) is 45.3 Å². The van der Waals surface area contributed by atoms with Crippen molar-refractivity contribution in [3.05, 3.63) is 35.9 Å². The molecule has 1 heterocycles. The molecular weight excluding hydrogens is 246 g/mol. The van der Waals surface area contributed by atoms with E-state index in [-0.39, 0.29) is 0 Å². The highest BCUT2D eigenvalue weighted by Crippen LogP contribution is 2.20. The summed E-state index contributed by atoms with van der Waals surface area (Å²) in [4.78, 5) is 5.17. The van der Waals surface area contributed by atoms with Crippen LogP contribution in [-0.2, 0) is 6.54 Å².